The number of fused-ring (bicyclic) bond motifs is 1. The zero-order valence-corrected chi connectivity index (χ0v) is 16.6. The molecule has 29 heavy (non-hydrogen) atoms. The Morgan fingerprint density at radius 3 is 2.86 bits per heavy atom. The summed E-state index contributed by atoms with van der Waals surface area (Å²) in [5.41, 5.74) is 1.96. The normalized spacial score (nSPS) is 13.5. The summed E-state index contributed by atoms with van der Waals surface area (Å²) < 4.78 is 26.4. The minimum Gasteiger partial charge on any atom is -0.497 e. The van der Waals surface area contributed by atoms with E-state index in [4.69, 9.17) is 9.47 Å². The number of imidazole rings is 1. The molecule has 2 aromatic carbocycles. The van der Waals surface area contributed by atoms with Crippen LogP contribution in [0, 0.1) is 11.7 Å². The first kappa shape index (κ1) is 19.2. The third-order valence-corrected chi connectivity index (χ3v) is 5.17. The number of nitrogens with zero attached hydrogens (tertiary/aromatic N) is 2. The molecule has 1 N–H and O–H groups in total. The van der Waals surface area contributed by atoms with E-state index in [9.17, 15) is 9.18 Å². The fourth-order valence-electron chi connectivity index (χ4n) is 3.26. The number of hydrogen-bond acceptors (Lipinski definition) is 4. The maximum Gasteiger partial charge on any atom is 0.255 e. The van der Waals surface area contributed by atoms with Gasteiger partial charge in [0, 0.05) is 32.1 Å². The third kappa shape index (κ3) is 4.34. The van der Waals surface area contributed by atoms with Gasteiger partial charge in [-0.3, -0.25) is 4.79 Å². The molecule has 1 fully saturated rings. The summed E-state index contributed by atoms with van der Waals surface area (Å²) in [6.45, 7) is 1.02. The van der Waals surface area contributed by atoms with E-state index in [1.165, 1.54) is 25.0 Å². The Balaban J connectivity index is 1.42. The van der Waals surface area contributed by atoms with Gasteiger partial charge in [-0.05, 0) is 43.0 Å². The highest BCUT2D eigenvalue weighted by molar-refractivity contribution is 5.97. The first-order valence-electron chi connectivity index (χ1n) is 9.75. The minimum absolute atomic E-state index is 0.205. The second-order valence-electron chi connectivity index (χ2n) is 7.34. The number of methoxy groups -OCH3 is 1. The standard InChI is InChI=1S/C22H24FN3O3/c1-26-19-8-5-15(23)11-18(19)25-21(26)9-10-24-22(27)17-7-6-16(28-2)12-20(17)29-13-14-3-4-14/h5-8,11-12,14H,3-4,9-10,13H2,1-2H3,(H,24,27). The highest BCUT2D eigenvalue weighted by atomic mass is 19.1. The number of carbonyl (C=O) groups is 1. The van der Waals surface area contributed by atoms with Crippen molar-refractivity contribution in [2.75, 3.05) is 20.3 Å². The van der Waals surface area contributed by atoms with Gasteiger partial charge in [-0.25, -0.2) is 9.37 Å². The number of halogens is 1. The van der Waals surface area contributed by atoms with Gasteiger partial charge in [0.2, 0.25) is 0 Å². The number of hydrogen-bond donors (Lipinski definition) is 1. The van der Waals surface area contributed by atoms with Gasteiger partial charge in [-0.15, -0.1) is 0 Å². The molecule has 0 aliphatic heterocycles. The van der Waals surface area contributed by atoms with Crippen molar-refractivity contribution in [1.29, 1.82) is 0 Å². The van der Waals surface area contributed by atoms with Crippen molar-refractivity contribution >= 4 is 16.9 Å². The maximum atomic E-state index is 13.4. The fraction of sp³-hybridized carbons (Fsp3) is 0.364. The van der Waals surface area contributed by atoms with E-state index < -0.39 is 0 Å². The lowest BCUT2D eigenvalue weighted by atomic mass is 10.1. The van der Waals surface area contributed by atoms with E-state index in [0.29, 0.717) is 48.1 Å². The van der Waals surface area contributed by atoms with E-state index >= 15 is 0 Å². The molecule has 0 saturated heterocycles. The summed E-state index contributed by atoms with van der Waals surface area (Å²) >= 11 is 0. The quantitative estimate of drug-likeness (QED) is 0.632. The molecule has 1 aromatic heterocycles. The lowest BCUT2D eigenvalue weighted by molar-refractivity contribution is 0.0949. The molecule has 6 nitrogen and oxygen atoms in total. The van der Waals surface area contributed by atoms with Crippen molar-refractivity contribution in [3.8, 4) is 11.5 Å². The van der Waals surface area contributed by atoms with Crippen molar-refractivity contribution < 1.29 is 18.7 Å². The molecule has 0 radical (unpaired) electrons. The smallest absolute Gasteiger partial charge is 0.255 e. The number of aromatic nitrogens is 2. The monoisotopic (exact) mass is 397 g/mol. The first-order valence-corrected chi connectivity index (χ1v) is 9.75. The van der Waals surface area contributed by atoms with Crippen LogP contribution in [0.3, 0.4) is 0 Å². The van der Waals surface area contributed by atoms with E-state index in [0.717, 1.165) is 11.3 Å². The number of rotatable bonds is 8. The van der Waals surface area contributed by atoms with Crippen LogP contribution in [0.1, 0.15) is 29.0 Å². The van der Waals surface area contributed by atoms with Gasteiger partial charge < -0.3 is 19.4 Å². The van der Waals surface area contributed by atoms with Gasteiger partial charge in [-0.1, -0.05) is 0 Å². The van der Waals surface area contributed by atoms with Crippen molar-refractivity contribution in [3.63, 3.8) is 0 Å². The topological polar surface area (TPSA) is 65.4 Å². The Hall–Kier alpha value is -3.09. The zero-order valence-electron chi connectivity index (χ0n) is 16.6. The van der Waals surface area contributed by atoms with E-state index in [-0.39, 0.29) is 11.7 Å². The van der Waals surface area contributed by atoms with Gasteiger partial charge in [0.25, 0.3) is 5.91 Å². The van der Waals surface area contributed by atoms with Crippen LogP contribution in [0.25, 0.3) is 11.0 Å². The number of nitrogens with one attached hydrogen (secondary N) is 1. The number of ether oxygens (including phenoxy) is 2. The summed E-state index contributed by atoms with van der Waals surface area (Å²) in [6, 6.07) is 9.76. The van der Waals surface area contributed by atoms with Crippen LogP contribution in [0.15, 0.2) is 36.4 Å². The highest BCUT2D eigenvalue weighted by Gasteiger charge is 2.23. The molecular weight excluding hydrogens is 373 g/mol. The second-order valence-corrected chi connectivity index (χ2v) is 7.34. The van der Waals surface area contributed by atoms with Crippen LogP contribution < -0.4 is 14.8 Å². The van der Waals surface area contributed by atoms with Crippen LogP contribution in [0.5, 0.6) is 11.5 Å². The number of aryl methyl sites for hydroxylation is 1. The van der Waals surface area contributed by atoms with Crippen molar-refractivity contribution in [2.24, 2.45) is 13.0 Å². The molecule has 0 unspecified atom stereocenters. The largest absolute Gasteiger partial charge is 0.497 e. The lowest BCUT2D eigenvalue weighted by Crippen LogP contribution is -2.27. The molecular formula is C22H24FN3O3. The zero-order chi connectivity index (χ0) is 20.4. The van der Waals surface area contributed by atoms with Gasteiger partial charge in [-0.2, -0.15) is 0 Å². The Morgan fingerprint density at radius 1 is 1.28 bits per heavy atom. The van der Waals surface area contributed by atoms with E-state index in [1.54, 1.807) is 31.4 Å². The molecule has 0 atom stereocenters. The fourth-order valence-corrected chi connectivity index (χ4v) is 3.26. The van der Waals surface area contributed by atoms with Crippen LogP contribution in [0.4, 0.5) is 4.39 Å². The molecule has 1 heterocycles. The Labute approximate surface area is 168 Å². The molecule has 152 valence electrons. The predicted octanol–water partition coefficient (Wildman–Crippen LogP) is 3.48. The van der Waals surface area contributed by atoms with Crippen molar-refractivity contribution in [1.82, 2.24) is 14.9 Å². The number of amides is 1. The average Bonchev–Trinajstić information content (AvgIpc) is 3.50. The lowest BCUT2D eigenvalue weighted by Gasteiger charge is -2.13. The van der Waals surface area contributed by atoms with E-state index in [2.05, 4.69) is 10.3 Å². The predicted molar refractivity (Wildman–Crippen MR) is 108 cm³/mol. The molecule has 0 spiro atoms. The third-order valence-electron chi connectivity index (χ3n) is 5.17. The van der Waals surface area contributed by atoms with Gasteiger partial charge >= 0.3 is 0 Å². The number of benzene rings is 2. The second kappa shape index (κ2) is 8.11. The molecule has 3 aromatic rings. The Kier molecular flexibility index (Phi) is 5.38. The molecule has 1 amide bonds. The van der Waals surface area contributed by atoms with Gasteiger partial charge in [0.05, 0.1) is 30.3 Å². The Bertz CT molecular complexity index is 1040. The SMILES string of the molecule is COc1ccc(C(=O)NCCc2nc3cc(F)ccc3n2C)c(OCC2CC2)c1. The summed E-state index contributed by atoms with van der Waals surface area (Å²) in [5, 5.41) is 2.92. The molecule has 1 aliphatic carbocycles. The molecule has 1 saturated carbocycles. The summed E-state index contributed by atoms with van der Waals surface area (Å²) in [5.74, 6) is 2.04. The average molecular weight is 397 g/mol. The van der Waals surface area contributed by atoms with Crippen LogP contribution >= 0.6 is 0 Å². The summed E-state index contributed by atoms with van der Waals surface area (Å²) in [6.07, 6.45) is 2.88. The number of carbonyl (C=O) groups excluding carboxylic acids is 1. The molecule has 4 rings (SSSR count). The van der Waals surface area contributed by atoms with Crippen LogP contribution in [-0.4, -0.2) is 35.7 Å². The van der Waals surface area contributed by atoms with Gasteiger partial charge in [0.15, 0.2) is 0 Å². The Morgan fingerprint density at radius 2 is 2.10 bits per heavy atom. The summed E-state index contributed by atoms with van der Waals surface area (Å²) in [7, 11) is 3.47. The molecule has 7 heteroatoms. The van der Waals surface area contributed by atoms with Gasteiger partial charge in [0.1, 0.15) is 23.1 Å². The van der Waals surface area contributed by atoms with Crippen molar-refractivity contribution in [3.05, 3.63) is 53.6 Å². The molecule has 1 aliphatic rings. The molecule has 0 bridgehead atoms. The van der Waals surface area contributed by atoms with Crippen LogP contribution in [-0.2, 0) is 13.5 Å². The highest BCUT2D eigenvalue weighted by Crippen LogP contribution is 2.31. The maximum absolute atomic E-state index is 13.4. The van der Waals surface area contributed by atoms with E-state index in [1.807, 2.05) is 11.6 Å². The van der Waals surface area contributed by atoms with Crippen LogP contribution in [0.2, 0.25) is 0 Å². The van der Waals surface area contributed by atoms with Crippen molar-refractivity contribution in [2.45, 2.75) is 19.3 Å². The summed E-state index contributed by atoms with van der Waals surface area (Å²) in [4.78, 5) is 17.2. The minimum atomic E-state index is -0.311. The first-order chi connectivity index (χ1) is 14.0.